The van der Waals surface area contributed by atoms with E-state index in [-0.39, 0.29) is 29.0 Å². The highest BCUT2D eigenvalue weighted by Gasteiger charge is 2.17. The third-order valence-corrected chi connectivity index (χ3v) is 4.57. The maximum Gasteiger partial charge on any atom is 0.339 e. The molecule has 9 nitrogen and oxygen atoms in total. The number of amides is 1. The number of nitrogens with one attached hydrogen (secondary N) is 1. The molecule has 0 aliphatic rings. The molecule has 0 spiro atoms. The molecule has 0 heterocycles. The maximum atomic E-state index is 12.3. The van der Waals surface area contributed by atoms with Gasteiger partial charge in [0.25, 0.3) is 5.91 Å². The van der Waals surface area contributed by atoms with Gasteiger partial charge in [-0.2, -0.15) is 8.42 Å². The van der Waals surface area contributed by atoms with Crippen LogP contribution in [0.1, 0.15) is 15.9 Å². The molecule has 0 radical (unpaired) electrons. The second-order valence-electron chi connectivity index (χ2n) is 5.28. The molecule has 0 aromatic heterocycles. The van der Waals surface area contributed by atoms with Crippen molar-refractivity contribution in [2.45, 2.75) is 4.90 Å². The molecule has 0 saturated carbocycles. The Balaban J connectivity index is 0.00000392. The molecule has 0 bridgehead atoms. The lowest BCUT2D eigenvalue weighted by Crippen LogP contribution is -2.28. The van der Waals surface area contributed by atoms with Crippen LogP contribution < -0.4 is 15.2 Å². The number of halogens is 1. The Morgan fingerprint density at radius 2 is 1.75 bits per heavy atom. The van der Waals surface area contributed by atoms with E-state index < -0.39 is 15.0 Å². The van der Waals surface area contributed by atoms with Gasteiger partial charge < -0.3 is 15.2 Å². The average Bonchev–Trinajstić information content (AvgIpc) is 2.65. The lowest BCUT2D eigenvalue weighted by atomic mass is 10.2. The van der Waals surface area contributed by atoms with Crippen molar-refractivity contribution in [3.8, 4) is 5.75 Å². The van der Waals surface area contributed by atoms with Crippen LogP contribution in [0.2, 0.25) is 0 Å². The summed E-state index contributed by atoms with van der Waals surface area (Å²) in [6.07, 6.45) is 2.05. The van der Waals surface area contributed by atoms with E-state index in [1.165, 1.54) is 54.6 Å². The molecule has 0 saturated heterocycles. The van der Waals surface area contributed by atoms with Crippen molar-refractivity contribution in [2.24, 2.45) is 5.73 Å². The Morgan fingerprint density at radius 1 is 1.14 bits per heavy atom. The summed E-state index contributed by atoms with van der Waals surface area (Å²) in [5.41, 5.74) is 6.12. The van der Waals surface area contributed by atoms with Crippen molar-refractivity contribution < 1.29 is 22.3 Å². The molecule has 1 amide bonds. The van der Waals surface area contributed by atoms with E-state index in [0.717, 1.165) is 6.20 Å². The highest BCUT2D eigenvalue weighted by Crippen LogP contribution is 2.20. The van der Waals surface area contributed by atoms with Gasteiger partial charge in [-0.1, -0.05) is 12.1 Å². The van der Waals surface area contributed by atoms with Crippen LogP contribution in [0.5, 0.6) is 5.75 Å². The molecule has 3 N–H and O–H groups in total. The van der Waals surface area contributed by atoms with Crippen molar-refractivity contribution in [3.63, 3.8) is 0 Å². The standard InChI is InChI=1S/C17H17N3O6S.ClH/c18-10-11-19-17(21)14-3-7-16(8-4-14)27(24,25)26-15-5-1-13(2-6-15)9-12-20(22)23;/h1-9,12H,10-11,18H2,(H,19,21);1H/b12-9+;. The first kappa shape index (κ1) is 23.1. The van der Waals surface area contributed by atoms with Gasteiger partial charge in [-0.3, -0.25) is 14.9 Å². The van der Waals surface area contributed by atoms with Gasteiger partial charge in [0.15, 0.2) is 0 Å². The van der Waals surface area contributed by atoms with E-state index >= 15 is 0 Å². The highest BCUT2D eigenvalue weighted by molar-refractivity contribution is 7.87. The smallest absolute Gasteiger partial charge is 0.339 e. The van der Waals surface area contributed by atoms with Crippen LogP contribution in [-0.2, 0) is 10.1 Å². The summed E-state index contributed by atoms with van der Waals surface area (Å²) >= 11 is 0. The number of nitrogens with two attached hydrogens (primary N) is 1. The number of benzene rings is 2. The number of nitrogens with zero attached hydrogens (tertiary/aromatic N) is 1. The first-order valence-corrected chi connectivity index (χ1v) is 9.17. The summed E-state index contributed by atoms with van der Waals surface area (Å²) in [4.78, 5) is 21.4. The fourth-order valence-corrected chi connectivity index (χ4v) is 2.95. The second-order valence-corrected chi connectivity index (χ2v) is 6.82. The molecule has 2 aromatic carbocycles. The van der Waals surface area contributed by atoms with E-state index in [9.17, 15) is 23.3 Å². The Kier molecular flexibility index (Phi) is 8.58. The molecular formula is C17H18ClN3O6S. The summed E-state index contributed by atoms with van der Waals surface area (Å²) < 4.78 is 29.7. The van der Waals surface area contributed by atoms with Crippen molar-refractivity contribution >= 4 is 34.5 Å². The maximum absolute atomic E-state index is 12.3. The molecule has 0 unspecified atom stereocenters. The first-order chi connectivity index (χ1) is 12.8. The molecule has 0 aliphatic heterocycles. The number of nitro groups is 1. The first-order valence-electron chi connectivity index (χ1n) is 7.76. The number of hydrogen-bond donors (Lipinski definition) is 2. The van der Waals surface area contributed by atoms with Crippen LogP contribution >= 0.6 is 12.4 Å². The molecule has 2 aromatic rings. The van der Waals surface area contributed by atoms with Gasteiger partial charge in [0, 0.05) is 24.7 Å². The minimum absolute atomic E-state index is 0. The van der Waals surface area contributed by atoms with Crippen molar-refractivity contribution in [1.29, 1.82) is 0 Å². The van der Waals surface area contributed by atoms with Crippen LogP contribution in [0.25, 0.3) is 6.08 Å². The predicted molar refractivity (Wildman–Crippen MR) is 105 cm³/mol. The topological polar surface area (TPSA) is 142 Å². The van der Waals surface area contributed by atoms with E-state index in [0.29, 0.717) is 24.2 Å². The van der Waals surface area contributed by atoms with Crippen LogP contribution in [0.4, 0.5) is 0 Å². The summed E-state index contributed by atoms with van der Waals surface area (Å²) in [5.74, 6) is -0.304. The summed E-state index contributed by atoms with van der Waals surface area (Å²) in [7, 11) is -4.09. The van der Waals surface area contributed by atoms with Gasteiger partial charge >= 0.3 is 10.1 Å². The third-order valence-electron chi connectivity index (χ3n) is 3.31. The van der Waals surface area contributed by atoms with Gasteiger partial charge in [0.1, 0.15) is 10.6 Å². The van der Waals surface area contributed by atoms with Gasteiger partial charge in [0.05, 0.1) is 4.92 Å². The van der Waals surface area contributed by atoms with Crippen molar-refractivity contribution in [3.05, 3.63) is 76.0 Å². The third kappa shape index (κ3) is 6.65. The Labute approximate surface area is 167 Å². The lowest BCUT2D eigenvalue weighted by molar-refractivity contribution is -0.400. The largest absolute Gasteiger partial charge is 0.379 e. The van der Waals surface area contributed by atoms with Gasteiger partial charge in [0.2, 0.25) is 6.20 Å². The van der Waals surface area contributed by atoms with Gasteiger partial charge in [-0.05, 0) is 42.0 Å². The zero-order valence-electron chi connectivity index (χ0n) is 14.5. The van der Waals surface area contributed by atoms with Crippen LogP contribution in [0, 0.1) is 10.1 Å². The minimum atomic E-state index is -4.09. The quantitative estimate of drug-likeness (QED) is 0.371. The summed E-state index contributed by atoms with van der Waals surface area (Å²) in [6.45, 7) is 0.613. The Morgan fingerprint density at radius 3 is 2.29 bits per heavy atom. The van der Waals surface area contributed by atoms with E-state index in [1.54, 1.807) is 0 Å². The van der Waals surface area contributed by atoms with Crippen LogP contribution in [0.15, 0.2) is 59.6 Å². The highest BCUT2D eigenvalue weighted by atomic mass is 35.5. The van der Waals surface area contributed by atoms with Crippen LogP contribution in [0.3, 0.4) is 0 Å². The Bertz CT molecular complexity index is 944. The fourth-order valence-electron chi connectivity index (χ4n) is 2.02. The molecule has 2 rings (SSSR count). The molecule has 0 fully saturated rings. The fraction of sp³-hybridized carbons (Fsp3) is 0.118. The monoisotopic (exact) mass is 427 g/mol. The van der Waals surface area contributed by atoms with Gasteiger partial charge in [-0.15, -0.1) is 12.4 Å². The molecule has 28 heavy (non-hydrogen) atoms. The Hall–Kier alpha value is -2.95. The predicted octanol–water partition coefficient (Wildman–Crippen LogP) is 1.81. The lowest BCUT2D eigenvalue weighted by Gasteiger charge is -2.08. The number of carbonyl (C=O) groups is 1. The minimum Gasteiger partial charge on any atom is -0.379 e. The van der Waals surface area contributed by atoms with Crippen molar-refractivity contribution in [2.75, 3.05) is 13.1 Å². The summed E-state index contributed by atoms with van der Waals surface area (Å²) in [6, 6.07) is 11.0. The summed E-state index contributed by atoms with van der Waals surface area (Å²) in [5, 5.41) is 12.9. The van der Waals surface area contributed by atoms with E-state index in [2.05, 4.69) is 5.32 Å². The van der Waals surface area contributed by atoms with Crippen LogP contribution in [-0.4, -0.2) is 32.3 Å². The SMILES string of the molecule is Cl.NCCNC(=O)c1ccc(S(=O)(=O)Oc2ccc(/C=C/[N+](=O)[O-])cc2)cc1. The van der Waals surface area contributed by atoms with Gasteiger partial charge in [-0.25, -0.2) is 0 Å². The number of carbonyl (C=O) groups excluding carboxylic acids is 1. The second kappa shape index (κ2) is 10.4. The number of rotatable bonds is 8. The normalized spacial score (nSPS) is 10.9. The van der Waals surface area contributed by atoms with E-state index in [1.807, 2.05) is 0 Å². The molecular weight excluding hydrogens is 410 g/mol. The number of hydrogen-bond acceptors (Lipinski definition) is 7. The molecule has 11 heteroatoms. The molecule has 0 aliphatic carbocycles. The zero-order valence-corrected chi connectivity index (χ0v) is 16.1. The average molecular weight is 428 g/mol. The molecule has 0 atom stereocenters. The zero-order chi connectivity index (χ0) is 19.9. The molecule has 150 valence electrons. The van der Waals surface area contributed by atoms with E-state index in [4.69, 9.17) is 9.92 Å². The van der Waals surface area contributed by atoms with Crippen molar-refractivity contribution in [1.82, 2.24) is 5.32 Å².